The van der Waals surface area contributed by atoms with E-state index in [2.05, 4.69) is 48.9 Å². The van der Waals surface area contributed by atoms with Crippen LogP contribution in [0.1, 0.15) is 24.4 Å². The molecule has 1 atom stereocenters. The summed E-state index contributed by atoms with van der Waals surface area (Å²) >= 11 is 3.88. The van der Waals surface area contributed by atoms with E-state index in [0.717, 1.165) is 31.6 Å². The Balaban J connectivity index is 1.48. The second-order valence-corrected chi connectivity index (χ2v) is 9.02. The molecule has 4 N–H and O–H groups in total. The van der Waals surface area contributed by atoms with Gasteiger partial charge in [0.25, 0.3) is 11.3 Å². The van der Waals surface area contributed by atoms with Gasteiger partial charge in [0.15, 0.2) is 5.82 Å². The molecule has 0 amide bonds. The SMILES string of the molecule is C=C(NS(=O)O)c1cc(Nc2nc(Nc3cnn(C4CCN(C)CC4)c3)ncc2Cl)ccc1F. The van der Waals surface area contributed by atoms with Crippen LogP contribution in [0.2, 0.25) is 5.02 Å². The molecule has 1 fully saturated rings. The van der Waals surface area contributed by atoms with Gasteiger partial charge < -0.3 is 15.5 Å². The summed E-state index contributed by atoms with van der Waals surface area (Å²) in [6, 6.07) is 4.47. The van der Waals surface area contributed by atoms with Crippen molar-refractivity contribution in [2.24, 2.45) is 0 Å². The summed E-state index contributed by atoms with van der Waals surface area (Å²) < 4.78 is 38.2. The molecule has 180 valence electrons. The lowest BCUT2D eigenvalue weighted by Crippen LogP contribution is -2.31. The molecule has 0 radical (unpaired) electrons. The van der Waals surface area contributed by atoms with Crippen molar-refractivity contribution in [1.29, 1.82) is 0 Å². The van der Waals surface area contributed by atoms with E-state index in [4.69, 9.17) is 16.2 Å². The molecule has 3 heterocycles. The third kappa shape index (κ3) is 5.89. The number of hydrogen-bond acceptors (Lipinski definition) is 7. The highest BCUT2D eigenvalue weighted by Crippen LogP contribution is 2.28. The highest BCUT2D eigenvalue weighted by Gasteiger charge is 2.19. The molecule has 1 aliphatic heterocycles. The van der Waals surface area contributed by atoms with Crippen LogP contribution in [-0.4, -0.2) is 53.5 Å². The predicted octanol–water partition coefficient (Wildman–Crippen LogP) is 3.92. The molecule has 0 saturated carbocycles. The number of halogens is 2. The summed E-state index contributed by atoms with van der Waals surface area (Å²) in [5, 5.41) is 10.9. The quantitative estimate of drug-likeness (QED) is 0.339. The van der Waals surface area contributed by atoms with E-state index >= 15 is 0 Å². The molecule has 0 aliphatic carbocycles. The molecule has 3 aromatic rings. The van der Waals surface area contributed by atoms with Crippen LogP contribution in [0.15, 0.2) is 43.4 Å². The monoisotopic (exact) mass is 506 g/mol. The Morgan fingerprint density at radius 1 is 1.26 bits per heavy atom. The maximum atomic E-state index is 14.2. The average molecular weight is 507 g/mol. The van der Waals surface area contributed by atoms with Crippen molar-refractivity contribution >= 4 is 51.7 Å². The van der Waals surface area contributed by atoms with Crippen LogP contribution in [0.25, 0.3) is 5.70 Å². The Labute approximate surface area is 203 Å². The summed E-state index contributed by atoms with van der Waals surface area (Å²) in [7, 11) is 2.12. The first-order valence-corrected chi connectivity index (χ1v) is 11.9. The summed E-state index contributed by atoms with van der Waals surface area (Å²) in [4.78, 5) is 10.9. The van der Waals surface area contributed by atoms with Gasteiger partial charge in [-0.15, -0.1) is 0 Å². The number of piperidine rings is 1. The minimum absolute atomic E-state index is 0.0252. The molecule has 0 bridgehead atoms. The molecule has 13 heteroatoms. The van der Waals surface area contributed by atoms with E-state index in [1.807, 2.05) is 10.9 Å². The van der Waals surface area contributed by atoms with E-state index in [0.29, 0.717) is 23.5 Å². The summed E-state index contributed by atoms with van der Waals surface area (Å²) in [5.74, 6) is -0.00563. The Kier molecular flexibility index (Phi) is 7.41. The van der Waals surface area contributed by atoms with Crippen LogP contribution in [0.5, 0.6) is 0 Å². The summed E-state index contributed by atoms with van der Waals surface area (Å²) in [6.07, 6.45) is 7.18. The Morgan fingerprint density at radius 3 is 2.76 bits per heavy atom. The zero-order valence-corrected chi connectivity index (χ0v) is 19.9. The number of likely N-dealkylation sites (tertiary alicyclic amines) is 1. The van der Waals surface area contributed by atoms with Crippen molar-refractivity contribution in [3.8, 4) is 0 Å². The van der Waals surface area contributed by atoms with Crippen molar-refractivity contribution in [2.45, 2.75) is 18.9 Å². The van der Waals surface area contributed by atoms with Crippen molar-refractivity contribution in [3.63, 3.8) is 0 Å². The second kappa shape index (κ2) is 10.5. The van der Waals surface area contributed by atoms with E-state index in [1.165, 1.54) is 24.4 Å². The number of aromatic nitrogens is 4. The number of rotatable bonds is 8. The summed E-state index contributed by atoms with van der Waals surface area (Å²) in [5.41, 5.74) is 1.18. The zero-order chi connectivity index (χ0) is 24.2. The van der Waals surface area contributed by atoms with Gasteiger partial charge in [0.1, 0.15) is 10.8 Å². The van der Waals surface area contributed by atoms with Gasteiger partial charge in [-0.3, -0.25) is 14.0 Å². The number of anilines is 4. The first-order valence-electron chi connectivity index (χ1n) is 10.4. The van der Waals surface area contributed by atoms with Gasteiger partial charge in [0.05, 0.1) is 29.8 Å². The molecule has 1 aromatic carbocycles. The van der Waals surface area contributed by atoms with Gasteiger partial charge in [0.2, 0.25) is 5.95 Å². The fourth-order valence-electron chi connectivity index (χ4n) is 3.64. The van der Waals surface area contributed by atoms with E-state index in [-0.39, 0.29) is 16.3 Å². The molecule has 0 spiro atoms. The number of hydrogen-bond donors (Lipinski definition) is 4. The van der Waals surface area contributed by atoms with Gasteiger partial charge in [0, 0.05) is 17.4 Å². The van der Waals surface area contributed by atoms with Gasteiger partial charge in [-0.25, -0.2) is 13.6 Å². The molecule has 2 aromatic heterocycles. The van der Waals surface area contributed by atoms with Crippen LogP contribution in [0.3, 0.4) is 0 Å². The van der Waals surface area contributed by atoms with Gasteiger partial charge in [-0.05, 0) is 51.2 Å². The third-order valence-electron chi connectivity index (χ3n) is 5.43. The lowest BCUT2D eigenvalue weighted by atomic mass is 10.1. The van der Waals surface area contributed by atoms with E-state index in [1.54, 1.807) is 6.20 Å². The lowest BCUT2D eigenvalue weighted by molar-refractivity contribution is 0.212. The number of benzene rings is 1. The lowest BCUT2D eigenvalue weighted by Gasteiger charge is -2.28. The highest BCUT2D eigenvalue weighted by molar-refractivity contribution is 7.77. The zero-order valence-electron chi connectivity index (χ0n) is 18.3. The second-order valence-electron chi connectivity index (χ2n) is 7.91. The average Bonchev–Trinajstić information content (AvgIpc) is 3.25. The van der Waals surface area contributed by atoms with Crippen molar-refractivity contribution < 1.29 is 13.2 Å². The maximum Gasteiger partial charge on any atom is 0.259 e. The molecular formula is C21H24ClFN8O2S. The Bertz CT molecular complexity index is 1220. The van der Waals surface area contributed by atoms with Crippen LogP contribution < -0.4 is 15.4 Å². The third-order valence-corrected chi connectivity index (χ3v) is 6.13. The number of nitrogens with one attached hydrogen (secondary N) is 3. The van der Waals surface area contributed by atoms with Crippen LogP contribution in [-0.2, 0) is 11.3 Å². The predicted molar refractivity (Wildman–Crippen MR) is 131 cm³/mol. The van der Waals surface area contributed by atoms with Crippen molar-refractivity contribution in [1.82, 2.24) is 29.4 Å². The van der Waals surface area contributed by atoms with Gasteiger partial charge in [-0.2, -0.15) is 10.1 Å². The van der Waals surface area contributed by atoms with Gasteiger partial charge in [-0.1, -0.05) is 18.2 Å². The van der Waals surface area contributed by atoms with Gasteiger partial charge >= 0.3 is 0 Å². The molecule has 10 nitrogen and oxygen atoms in total. The molecule has 1 unspecified atom stereocenters. The molecule has 4 rings (SSSR count). The normalized spacial score (nSPS) is 15.6. The Hall–Kier alpha value is -3.06. The van der Waals surface area contributed by atoms with E-state index < -0.39 is 17.1 Å². The van der Waals surface area contributed by atoms with Crippen molar-refractivity contribution in [2.75, 3.05) is 30.8 Å². The minimum Gasteiger partial charge on any atom is -0.339 e. The molecule has 34 heavy (non-hydrogen) atoms. The van der Waals surface area contributed by atoms with Crippen LogP contribution in [0.4, 0.5) is 27.5 Å². The fraction of sp³-hybridized carbons (Fsp3) is 0.286. The van der Waals surface area contributed by atoms with Crippen molar-refractivity contribution in [3.05, 3.63) is 59.8 Å². The highest BCUT2D eigenvalue weighted by atomic mass is 35.5. The topological polar surface area (TPSA) is 120 Å². The largest absolute Gasteiger partial charge is 0.339 e. The number of nitrogens with zero attached hydrogens (tertiary/aromatic N) is 5. The first-order chi connectivity index (χ1) is 16.3. The van der Waals surface area contributed by atoms with E-state index in [9.17, 15) is 8.60 Å². The maximum absolute atomic E-state index is 14.2. The summed E-state index contributed by atoms with van der Waals surface area (Å²) in [6.45, 7) is 5.66. The fourth-order valence-corrected chi connectivity index (χ4v) is 4.10. The molecular weight excluding hydrogens is 483 g/mol. The van der Waals surface area contributed by atoms with Crippen LogP contribution >= 0.6 is 11.6 Å². The van der Waals surface area contributed by atoms with Crippen LogP contribution in [0, 0.1) is 5.82 Å². The smallest absolute Gasteiger partial charge is 0.259 e. The molecule has 1 saturated heterocycles. The molecule has 1 aliphatic rings. The standard InChI is InChI=1S/C21H24ClFN8O2S/c1-13(29-34(32)33)17-9-14(3-4-19(17)23)26-20-18(22)11-24-21(28-20)27-15-10-25-31(12-15)16-5-7-30(2)8-6-16/h3-4,9-12,16,29H,1,5-8H2,2H3,(H,32,33)(H2,24,26,27,28). The minimum atomic E-state index is -2.37. The first kappa shape index (κ1) is 24.1. The Morgan fingerprint density at radius 2 is 2.03 bits per heavy atom.